The molecule has 4 nitrogen and oxygen atoms in total. The zero-order valence-electron chi connectivity index (χ0n) is 9.18. The summed E-state index contributed by atoms with van der Waals surface area (Å²) < 4.78 is 7.10. The van der Waals surface area contributed by atoms with E-state index < -0.39 is 0 Å². The van der Waals surface area contributed by atoms with Gasteiger partial charge < -0.3 is 4.52 Å². The molecule has 0 amide bonds. The second-order valence-corrected chi connectivity index (χ2v) is 6.38. The number of hydrogen-bond donors (Lipinski definition) is 0. The lowest BCUT2D eigenvalue weighted by Crippen LogP contribution is -1.84. The van der Waals surface area contributed by atoms with Crippen molar-refractivity contribution in [2.24, 2.45) is 0 Å². The van der Waals surface area contributed by atoms with Crippen LogP contribution in [-0.4, -0.2) is 21.6 Å². The quantitative estimate of drug-likeness (QED) is 0.798. The van der Waals surface area contributed by atoms with E-state index in [-0.39, 0.29) is 0 Å². The van der Waals surface area contributed by atoms with Crippen molar-refractivity contribution in [1.82, 2.24) is 15.4 Å². The van der Waals surface area contributed by atoms with Crippen LogP contribution in [-0.2, 0) is 5.75 Å². The summed E-state index contributed by atoms with van der Waals surface area (Å²) in [6.07, 6.45) is 2.00. The van der Waals surface area contributed by atoms with Crippen molar-refractivity contribution in [3.63, 3.8) is 0 Å². The van der Waals surface area contributed by atoms with Crippen LogP contribution in [0.3, 0.4) is 0 Å². The Bertz CT molecular complexity index is 461. The third-order valence-electron chi connectivity index (χ3n) is 2.08. The SMILES string of the molecule is CSc1nnc(SCc2c(C)noc2C)s1. The second kappa shape index (κ2) is 5.20. The molecule has 0 saturated heterocycles. The summed E-state index contributed by atoms with van der Waals surface area (Å²) in [5, 5.41) is 12.1. The molecular formula is C9H11N3OS3. The molecule has 0 radical (unpaired) electrons. The summed E-state index contributed by atoms with van der Waals surface area (Å²) in [6, 6.07) is 0. The molecule has 0 N–H and O–H groups in total. The Labute approximate surface area is 106 Å². The van der Waals surface area contributed by atoms with E-state index in [4.69, 9.17) is 4.52 Å². The molecule has 0 bridgehead atoms. The van der Waals surface area contributed by atoms with Gasteiger partial charge in [0.1, 0.15) is 5.76 Å². The zero-order valence-corrected chi connectivity index (χ0v) is 11.6. The molecule has 0 aliphatic heterocycles. The summed E-state index contributed by atoms with van der Waals surface area (Å²) in [5.74, 6) is 1.73. The molecule has 2 heterocycles. The molecule has 16 heavy (non-hydrogen) atoms. The summed E-state index contributed by atoms with van der Waals surface area (Å²) in [5.41, 5.74) is 2.12. The van der Waals surface area contributed by atoms with Gasteiger partial charge in [-0.05, 0) is 20.1 Å². The van der Waals surface area contributed by atoms with Gasteiger partial charge in [0.15, 0.2) is 8.68 Å². The highest BCUT2D eigenvalue weighted by Gasteiger charge is 2.11. The van der Waals surface area contributed by atoms with E-state index in [2.05, 4.69) is 15.4 Å². The van der Waals surface area contributed by atoms with Gasteiger partial charge in [0.05, 0.1) is 5.69 Å². The van der Waals surface area contributed by atoms with Crippen LogP contribution in [0.2, 0.25) is 0 Å². The van der Waals surface area contributed by atoms with Gasteiger partial charge in [-0.1, -0.05) is 40.0 Å². The lowest BCUT2D eigenvalue weighted by molar-refractivity contribution is 0.392. The van der Waals surface area contributed by atoms with E-state index in [0.717, 1.165) is 31.4 Å². The van der Waals surface area contributed by atoms with E-state index in [0.29, 0.717) is 0 Å². The van der Waals surface area contributed by atoms with E-state index in [1.54, 1.807) is 34.9 Å². The first-order valence-electron chi connectivity index (χ1n) is 4.62. The van der Waals surface area contributed by atoms with E-state index >= 15 is 0 Å². The topological polar surface area (TPSA) is 51.8 Å². The summed E-state index contributed by atoms with van der Waals surface area (Å²) in [6.45, 7) is 3.89. The van der Waals surface area contributed by atoms with Gasteiger partial charge >= 0.3 is 0 Å². The van der Waals surface area contributed by atoms with Crippen molar-refractivity contribution in [2.45, 2.75) is 28.3 Å². The average Bonchev–Trinajstić information content (AvgIpc) is 2.85. The Morgan fingerprint density at radius 2 is 2.00 bits per heavy atom. The highest BCUT2D eigenvalue weighted by Crippen LogP contribution is 2.30. The molecule has 0 spiro atoms. The average molecular weight is 273 g/mol. The molecule has 2 aromatic rings. The van der Waals surface area contributed by atoms with Crippen LogP contribution in [0, 0.1) is 13.8 Å². The molecule has 0 aliphatic carbocycles. The fraction of sp³-hybridized carbons (Fsp3) is 0.444. The molecule has 86 valence electrons. The Kier molecular flexibility index (Phi) is 3.88. The van der Waals surface area contributed by atoms with Crippen LogP contribution in [0.5, 0.6) is 0 Å². The maximum atomic E-state index is 5.11. The van der Waals surface area contributed by atoms with Crippen LogP contribution in [0.25, 0.3) is 0 Å². The summed E-state index contributed by atoms with van der Waals surface area (Å²) in [4.78, 5) is 0. The minimum absolute atomic E-state index is 0.837. The molecular weight excluding hydrogens is 262 g/mol. The Morgan fingerprint density at radius 3 is 2.56 bits per heavy atom. The summed E-state index contributed by atoms with van der Waals surface area (Å²) in [7, 11) is 0. The Hall–Kier alpha value is -0.530. The van der Waals surface area contributed by atoms with Gasteiger partial charge in [-0.15, -0.1) is 10.2 Å². The number of thioether (sulfide) groups is 2. The highest BCUT2D eigenvalue weighted by molar-refractivity contribution is 8.02. The standard InChI is InChI=1S/C9H11N3OS3/c1-5-7(6(2)13-12-5)4-15-9-11-10-8(14-3)16-9/h4H2,1-3H3. The van der Waals surface area contributed by atoms with Crippen molar-refractivity contribution in [3.8, 4) is 0 Å². The maximum absolute atomic E-state index is 5.11. The third kappa shape index (κ3) is 2.58. The molecule has 0 unspecified atom stereocenters. The highest BCUT2D eigenvalue weighted by atomic mass is 32.2. The first-order chi connectivity index (χ1) is 7.70. The Morgan fingerprint density at radius 1 is 1.25 bits per heavy atom. The predicted octanol–water partition coefficient (Wildman–Crippen LogP) is 3.16. The number of nitrogens with zero attached hydrogens (tertiary/aromatic N) is 3. The first-order valence-corrected chi connectivity index (χ1v) is 7.65. The molecule has 0 aromatic carbocycles. The molecule has 0 atom stereocenters. The largest absolute Gasteiger partial charge is 0.361 e. The predicted molar refractivity (Wildman–Crippen MR) is 67.2 cm³/mol. The van der Waals surface area contributed by atoms with Crippen molar-refractivity contribution in [2.75, 3.05) is 6.26 Å². The zero-order chi connectivity index (χ0) is 11.5. The van der Waals surface area contributed by atoms with Gasteiger partial charge in [0, 0.05) is 11.3 Å². The first kappa shape index (κ1) is 11.9. The van der Waals surface area contributed by atoms with E-state index in [1.807, 2.05) is 20.1 Å². The smallest absolute Gasteiger partial charge is 0.175 e. The molecule has 7 heteroatoms. The third-order valence-corrected chi connectivity index (χ3v) is 5.14. The van der Waals surface area contributed by atoms with Crippen LogP contribution in [0.15, 0.2) is 13.2 Å². The molecule has 0 fully saturated rings. The fourth-order valence-corrected chi connectivity index (χ4v) is 3.77. The summed E-state index contributed by atoms with van der Waals surface area (Å²) >= 11 is 4.91. The van der Waals surface area contributed by atoms with Crippen LogP contribution >= 0.6 is 34.9 Å². The minimum atomic E-state index is 0.837. The van der Waals surface area contributed by atoms with Crippen LogP contribution < -0.4 is 0 Å². The van der Waals surface area contributed by atoms with Crippen molar-refractivity contribution < 1.29 is 4.52 Å². The van der Waals surface area contributed by atoms with Gasteiger partial charge in [0.25, 0.3) is 0 Å². The van der Waals surface area contributed by atoms with Crippen LogP contribution in [0.1, 0.15) is 17.0 Å². The number of hydrogen-bond acceptors (Lipinski definition) is 7. The van der Waals surface area contributed by atoms with Crippen molar-refractivity contribution in [3.05, 3.63) is 17.0 Å². The Balaban J connectivity index is 2.02. The number of rotatable bonds is 4. The minimum Gasteiger partial charge on any atom is -0.361 e. The lowest BCUT2D eigenvalue weighted by Gasteiger charge is -1.95. The number of aryl methyl sites for hydroxylation is 2. The molecule has 0 aliphatic rings. The second-order valence-electron chi connectivity index (χ2n) is 3.13. The van der Waals surface area contributed by atoms with Crippen molar-refractivity contribution in [1.29, 1.82) is 0 Å². The van der Waals surface area contributed by atoms with Gasteiger partial charge in [-0.2, -0.15) is 0 Å². The molecule has 2 aromatic heterocycles. The normalized spacial score (nSPS) is 10.9. The fourth-order valence-electron chi connectivity index (χ4n) is 1.18. The van der Waals surface area contributed by atoms with Crippen molar-refractivity contribution >= 4 is 34.9 Å². The molecule has 2 rings (SSSR count). The monoisotopic (exact) mass is 273 g/mol. The molecule has 0 saturated carbocycles. The van der Waals surface area contributed by atoms with Gasteiger partial charge in [-0.25, -0.2) is 0 Å². The lowest BCUT2D eigenvalue weighted by atomic mass is 10.2. The maximum Gasteiger partial charge on any atom is 0.175 e. The van der Waals surface area contributed by atoms with Crippen LogP contribution in [0.4, 0.5) is 0 Å². The van der Waals surface area contributed by atoms with E-state index in [9.17, 15) is 0 Å². The van der Waals surface area contributed by atoms with E-state index in [1.165, 1.54) is 0 Å². The number of aromatic nitrogens is 3. The van der Waals surface area contributed by atoms with Gasteiger partial charge in [-0.3, -0.25) is 0 Å². The van der Waals surface area contributed by atoms with Gasteiger partial charge in [0.2, 0.25) is 0 Å².